The first-order valence-corrected chi connectivity index (χ1v) is 5.60. The van der Waals surface area contributed by atoms with Crippen LogP contribution < -0.4 is 5.73 Å². The number of rotatable bonds is 3. The zero-order valence-corrected chi connectivity index (χ0v) is 10.5. The third kappa shape index (κ3) is 2.60. The first-order chi connectivity index (χ1) is 8.58. The summed E-state index contributed by atoms with van der Waals surface area (Å²) < 4.78 is 0. The Labute approximate surface area is 109 Å². The summed E-state index contributed by atoms with van der Waals surface area (Å²) in [5.41, 5.74) is 6.27. The normalized spacial score (nSPS) is 10.3. The zero-order chi connectivity index (χ0) is 13.1. The summed E-state index contributed by atoms with van der Waals surface area (Å²) in [5, 5.41) is 0.139. The van der Waals surface area contributed by atoms with E-state index < -0.39 is 0 Å². The summed E-state index contributed by atoms with van der Waals surface area (Å²) in [6, 6.07) is 1.51. The van der Waals surface area contributed by atoms with E-state index in [1.807, 2.05) is 0 Å². The number of pyridine rings is 1. The molecular weight excluding hydrogens is 254 g/mol. The van der Waals surface area contributed by atoms with Gasteiger partial charge >= 0.3 is 0 Å². The number of hydrogen-bond acceptors (Lipinski definition) is 4. The minimum absolute atomic E-state index is 0.139. The van der Waals surface area contributed by atoms with Crippen LogP contribution in [0.4, 0.5) is 5.69 Å². The van der Waals surface area contributed by atoms with Crippen molar-refractivity contribution in [3.63, 3.8) is 0 Å². The first-order valence-electron chi connectivity index (χ1n) is 5.22. The number of amides is 1. The molecule has 2 aromatic rings. The molecule has 0 bridgehead atoms. The molecule has 0 atom stereocenters. The highest BCUT2D eigenvalue weighted by molar-refractivity contribution is 6.32. The molecule has 1 amide bonds. The van der Waals surface area contributed by atoms with E-state index in [1.54, 1.807) is 19.4 Å². The predicted octanol–water partition coefficient (Wildman–Crippen LogP) is 1.31. The van der Waals surface area contributed by atoms with E-state index in [0.717, 1.165) is 0 Å². The second kappa shape index (κ2) is 5.05. The highest BCUT2D eigenvalue weighted by Gasteiger charge is 2.17. The third-order valence-electron chi connectivity index (χ3n) is 2.38. The molecule has 6 nitrogen and oxygen atoms in total. The Morgan fingerprint density at radius 2 is 2.33 bits per heavy atom. The molecule has 0 spiro atoms. The molecule has 0 aliphatic rings. The van der Waals surface area contributed by atoms with E-state index in [9.17, 15) is 4.79 Å². The fourth-order valence-electron chi connectivity index (χ4n) is 1.50. The number of aromatic nitrogens is 3. The van der Waals surface area contributed by atoms with E-state index in [1.165, 1.54) is 17.2 Å². The maximum absolute atomic E-state index is 12.1. The smallest absolute Gasteiger partial charge is 0.257 e. The van der Waals surface area contributed by atoms with Gasteiger partial charge < -0.3 is 15.6 Å². The van der Waals surface area contributed by atoms with Gasteiger partial charge in [-0.3, -0.25) is 4.79 Å². The van der Waals surface area contributed by atoms with Crippen molar-refractivity contribution in [1.82, 2.24) is 19.9 Å². The Hall–Kier alpha value is -2.08. The highest BCUT2D eigenvalue weighted by atomic mass is 35.5. The third-order valence-corrected chi connectivity index (χ3v) is 2.68. The number of nitrogens with one attached hydrogen (secondary N) is 1. The number of nitrogen functional groups attached to an aromatic ring is 1. The van der Waals surface area contributed by atoms with E-state index in [2.05, 4.69) is 15.0 Å². The molecule has 0 saturated heterocycles. The lowest BCUT2D eigenvalue weighted by Gasteiger charge is -2.16. The average molecular weight is 266 g/mol. The van der Waals surface area contributed by atoms with Crippen LogP contribution in [-0.2, 0) is 6.54 Å². The van der Waals surface area contributed by atoms with E-state index in [4.69, 9.17) is 17.3 Å². The molecule has 0 aliphatic carbocycles. The van der Waals surface area contributed by atoms with Crippen molar-refractivity contribution in [2.75, 3.05) is 12.8 Å². The SMILES string of the molecule is CN(Cc1ncc[nH]1)C(=O)c1cc(N)cnc1Cl. The second-order valence-electron chi connectivity index (χ2n) is 3.80. The van der Waals surface area contributed by atoms with Gasteiger partial charge in [-0.05, 0) is 6.07 Å². The van der Waals surface area contributed by atoms with Gasteiger partial charge in [0.05, 0.1) is 24.0 Å². The van der Waals surface area contributed by atoms with Crippen LogP contribution in [0.5, 0.6) is 0 Å². The lowest BCUT2D eigenvalue weighted by Crippen LogP contribution is -2.27. The van der Waals surface area contributed by atoms with Crippen LogP contribution in [0, 0.1) is 0 Å². The molecule has 0 aromatic carbocycles. The standard InChI is InChI=1S/C11H12ClN5O/c1-17(6-9-14-2-3-15-9)11(18)8-4-7(13)5-16-10(8)12/h2-5H,6,13H2,1H3,(H,14,15). The van der Waals surface area contributed by atoms with Crippen molar-refractivity contribution in [2.24, 2.45) is 0 Å². The molecule has 3 N–H and O–H groups in total. The minimum Gasteiger partial charge on any atom is -0.397 e. The van der Waals surface area contributed by atoms with Crippen molar-refractivity contribution in [2.45, 2.75) is 6.54 Å². The Kier molecular flexibility index (Phi) is 3.47. The monoisotopic (exact) mass is 265 g/mol. The fourth-order valence-corrected chi connectivity index (χ4v) is 1.68. The van der Waals surface area contributed by atoms with Crippen LogP contribution in [0.25, 0.3) is 0 Å². The quantitative estimate of drug-likeness (QED) is 0.819. The minimum atomic E-state index is -0.254. The second-order valence-corrected chi connectivity index (χ2v) is 4.16. The summed E-state index contributed by atoms with van der Waals surface area (Å²) >= 11 is 5.88. The summed E-state index contributed by atoms with van der Waals surface area (Å²) in [6.45, 7) is 0.358. The number of carbonyl (C=O) groups excluding carboxylic acids is 1. The van der Waals surface area contributed by atoms with E-state index in [0.29, 0.717) is 18.1 Å². The van der Waals surface area contributed by atoms with Crippen molar-refractivity contribution in [3.05, 3.63) is 41.2 Å². The number of carbonyl (C=O) groups is 1. The average Bonchev–Trinajstić information content (AvgIpc) is 2.84. The van der Waals surface area contributed by atoms with Crippen LogP contribution in [0.2, 0.25) is 5.15 Å². The Morgan fingerprint density at radius 1 is 1.56 bits per heavy atom. The van der Waals surface area contributed by atoms with Gasteiger partial charge in [-0.1, -0.05) is 11.6 Å². The van der Waals surface area contributed by atoms with Crippen LogP contribution in [0.15, 0.2) is 24.7 Å². The van der Waals surface area contributed by atoms with Gasteiger partial charge in [0.25, 0.3) is 5.91 Å². The Bertz CT molecular complexity index is 555. The van der Waals surface area contributed by atoms with Crippen LogP contribution in [0.3, 0.4) is 0 Å². The first kappa shape index (κ1) is 12.4. The largest absolute Gasteiger partial charge is 0.397 e. The maximum atomic E-state index is 12.1. The van der Waals surface area contributed by atoms with Crippen molar-refractivity contribution in [3.8, 4) is 0 Å². The lowest BCUT2D eigenvalue weighted by molar-refractivity contribution is 0.0781. The van der Waals surface area contributed by atoms with Gasteiger partial charge in [-0.25, -0.2) is 9.97 Å². The van der Waals surface area contributed by atoms with Crippen LogP contribution in [-0.4, -0.2) is 32.8 Å². The molecule has 2 aromatic heterocycles. The molecule has 18 heavy (non-hydrogen) atoms. The molecule has 0 aliphatic heterocycles. The van der Waals surface area contributed by atoms with Gasteiger partial charge in [0.1, 0.15) is 11.0 Å². The number of nitrogens with two attached hydrogens (primary N) is 1. The summed E-state index contributed by atoms with van der Waals surface area (Å²) in [6.07, 6.45) is 4.73. The number of hydrogen-bond donors (Lipinski definition) is 2. The van der Waals surface area contributed by atoms with Crippen molar-refractivity contribution >= 4 is 23.2 Å². The number of nitrogens with zero attached hydrogens (tertiary/aromatic N) is 3. The molecule has 0 unspecified atom stereocenters. The predicted molar refractivity (Wildman–Crippen MR) is 68.0 cm³/mol. The van der Waals surface area contributed by atoms with Crippen LogP contribution in [0.1, 0.15) is 16.2 Å². The zero-order valence-electron chi connectivity index (χ0n) is 9.72. The number of imidazole rings is 1. The van der Waals surface area contributed by atoms with Gasteiger partial charge in [0.2, 0.25) is 0 Å². The van der Waals surface area contributed by atoms with E-state index in [-0.39, 0.29) is 16.6 Å². The number of H-pyrrole nitrogens is 1. The molecule has 94 valence electrons. The fraction of sp³-hybridized carbons (Fsp3) is 0.182. The van der Waals surface area contributed by atoms with Crippen molar-refractivity contribution in [1.29, 1.82) is 0 Å². The van der Waals surface area contributed by atoms with Gasteiger partial charge in [-0.2, -0.15) is 0 Å². The van der Waals surface area contributed by atoms with Crippen molar-refractivity contribution < 1.29 is 4.79 Å². The maximum Gasteiger partial charge on any atom is 0.257 e. The molecule has 0 saturated carbocycles. The summed E-state index contributed by atoms with van der Waals surface area (Å²) in [4.78, 5) is 24.5. The molecule has 2 rings (SSSR count). The molecular formula is C11H12ClN5O. The van der Waals surface area contributed by atoms with Gasteiger partial charge in [-0.15, -0.1) is 0 Å². The molecule has 0 fully saturated rings. The van der Waals surface area contributed by atoms with Crippen LogP contribution >= 0.6 is 11.6 Å². The molecule has 2 heterocycles. The highest BCUT2D eigenvalue weighted by Crippen LogP contribution is 2.17. The molecule has 7 heteroatoms. The van der Waals surface area contributed by atoms with E-state index >= 15 is 0 Å². The Morgan fingerprint density at radius 3 is 3.00 bits per heavy atom. The number of anilines is 1. The molecule has 0 radical (unpaired) electrons. The Balaban J connectivity index is 2.17. The van der Waals surface area contributed by atoms with Gasteiger partial charge in [0.15, 0.2) is 0 Å². The summed E-state index contributed by atoms with van der Waals surface area (Å²) in [7, 11) is 1.66. The topological polar surface area (TPSA) is 87.9 Å². The number of halogens is 1. The lowest BCUT2D eigenvalue weighted by atomic mass is 10.2. The summed E-state index contributed by atoms with van der Waals surface area (Å²) in [5.74, 6) is 0.440. The number of aromatic amines is 1. The van der Waals surface area contributed by atoms with Gasteiger partial charge in [0, 0.05) is 19.4 Å².